The molecule has 1 heterocycles. The van der Waals surface area contributed by atoms with Gasteiger partial charge in [0.2, 0.25) is 10.0 Å². The van der Waals surface area contributed by atoms with E-state index in [0.717, 1.165) is 18.9 Å². The number of hydrogen-bond acceptors (Lipinski definition) is 5. The minimum atomic E-state index is -3.84. The van der Waals surface area contributed by atoms with Crippen molar-refractivity contribution in [3.8, 4) is 0 Å². The van der Waals surface area contributed by atoms with Crippen LogP contribution in [0.3, 0.4) is 0 Å². The van der Waals surface area contributed by atoms with Crippen LogP contribution < -0.4 is 10.0 Å². The van der Waals surface area contributed by atoms with Crippen LogP contribution in [0, 0.1) is 0 Å². The zero-order valence-corrected chi connectivity index (χ0v) is 14.1. The van der Waals surface area contributed by atoms with Crippen molar-refractivity contribution in [3.05, 3.63) is 47.9 Å². The van der Waals surface area contributed by atoms with E-state index >= 15 is 0 Å². The van der Waals surface area contributed by atoms with E-state index in [2.05, 4.69) is 10.0 Å². The van der Waals surface area contributed by atoms with Crippen molar-refractivity contribution in [2.75, 3.05) is 11.9 Å². The average molecular weight is 352 g/mol. The summed E-state index contributed by atoms with van der Waals surface area (Å²) in [6.07, 6.45) is 3.31. The molecule has 0 saturated heterocycles. The lowest BCUT2D eigenvalue weighted by Crippen LogP contribution is -2.23. The number of furan rings is 1. The third-order valence-electron chi connectivity index (χ3n) is 3.39. The first-order valence-corrected chi connectivity index (χ1v) is 9.05. The summed E-state index contributed by atoms with van der Waals surface area (Å²) in [7, 11) is -3.84. The molecule has 130 valence electrons. The average Bonchev–Trinajstić information content (AvgIpc) is 3.07. The van der Waals surface area contributed by atoms with Gasteiger partial charge in [-0.3, -0.25) is 0 Å². The highest BCUT2D eigenvalue weighted by molar-refractivity contribution is 7.89. The Balaban J connectivity index is 2.19. The van der Waals surface area contributed by atoms with E-state index in [1.165, 1.54) is 18.4 Å². The Kier molecular flexibility index (Phi) is 5.99. The molecule has 0 radical (unpaired) electrons. The second-order valence-corrected chi connectivity index (χ2v) is 6.96. The van der Waals surface area contributed by atoms with Gasteiger partial charge >= 0.3 is 5.97 Å². The molecule has 0 spiro atoms. The molecular weight excluding hydrogens is 332 g/mol. The zero-order chi connectivity index (χ0) is 17.6. The molecule has 0 atom stereocenters. The number of nitrogens with one attached hydrogen (secondary N) is 2. The van der Waals surface area contributed by atoms with Crippen LogP contribution in [-0.2, 0) is 16.6 Å². The van der Waals surface area contributed by atoms with Crippen LogP contribution in [-0.4, -0.2) is 26.0 Å². The summed E-state index contributed by atoms with van der Waals surface area (Å²) in [5, 5.41) is 12.3. The topological polar surface area (TPSA) is 109 Å². The predicted octanol–water partition coefficient (Wildman–Crippen LogP) is 2.67. The number of carbonyl (C=O) groups is 1. The van der Waals surface area contributed by atoms with Crippen molar-refractivity contribution in [3.63, 3.8) is 0 Å². The molecular formula is C16H20N2O5S. The van der Waals surface area contributed by atoms with Crippen LogP contribution in [0.5, 0.6) is 0 Å². The maximum absolute atomic E-state index is 12.3. The van der Waals surface area contributed by atoms with Gasteiger partial charge in [0.05, 0.1) is 23.3 Å². The van der Waals surface area contributed by atoms with Gasteiger partial charge in [-0.25, -0.2) is 17.9 Å². The lowest BCUT2D eigenvalue weighted by molar-refractivity contribution is 0.0697. The van der Waals surface area contributed by atoms with E-state index in [4.69, 9.17) is 4.42 Å². The fourth-order valence-corrected chi connectivity index (χ4v) is 3.10. The lowest BCUT2D eigenvalue weighted by atomic mass is 10.1. The van der Waals surface area contributed by atoms with Gasteiger partial charge in [-0.15, -0.1) is 0 Å². The van der Waals surface area contributed by atoms with Crippen molar-refractivity contribution in [1.29, 1.82) is 0 Å². The standard InChI is InChI=1S/C16H20N2O5S/c1-2-3-8-17-15-7-6-13(10-14(15)16(19)20)24(21,22)18-11-12-5-4-9-23-12/h4-7,9-10,17-18H,2-3,8,11H2,1H3,(H,19,20). The highest BCUT2D eigenvalue weighted by atomic mass is 32.2. The van der Waals surface area contributed by atoms with Crippen LogP contribution in [0.4, 0.5) is 5.69 Å². The monoisotopic (exact) mass is 352 g/mol. The van der Waals surface area contributed by atoms with Gasteiger partial charge in [-0.2, -0.15) is 0 Å². The summed E-state index contributed by atoms with van der Waals surface area (Å²) in [5.41, 5.74) is 0.327. The molecule has 8 heteroatoms. The third kappa shape index (κ3) is 4.59. The minimum absolute atomic E-state index is 0.00571. The summed E-state index contributed by atoms with van der Waals surface area (Å²) in [6.45, 7) is 2.65. The van der Waals surface area contributed by atoms with E-state index in [1.807, 2.05) is 6.92 Å². The molecule has 0 fully saturated rings. The number of rotatable bonds is 9. The first kappa shape index (κ1) is 18.0. The summed E-state index contributed by atoms with van der Waals surface area (Å²) in [6, 6.07) is 7.31. The molecule has 3 N–H and O–H groups in total. The lowest BCUT2D eigenvalue weighted by Gasteiger charge is -2.12. The Morgan fingerprint density at radius 2 is 2.08 bits per heavy atom. The first-order chi connectivity index (χ1) is 11.4. The van der Waals surface area contributed by atoms with Gasteiger partial charge in [0.15, 0.2) is 0 Å². The Bertz CT molecular complexity index is 785. The Labute approximate surface area is 140 Å². The second kappa shape index (κ2) is 7.98. The fourth-order valence-electron chi connectivity index (χ4n) is 2.08. The van der Waals surface area contributed by atoms with E-state index < -0.39 is 16.0 Å². The second-order valence-electron chi connectivity index (χ2n) is 5.20. The smallest absolute Gasteiger partial charge is 0.337 e. The Morgan fingerprint density at radius 3 is 2.71 bits per heavy atom. The van der Waals surface area contributed by atoms with Crippen LogP contribution in [0.15, 0.2) is 45.9 Å². The largest absolute Gasteiger partial charge is 0.478 e. The van der Waals surface area contributed by atoms with Gasteiger partial charge in [-0.1, -0.05) is 13.3 Å². The normalized spacial score (nSPS) is 11.4. The Hall–Kier alpha value is -2.32. The highest BCUT2D eigenvalue weighted by Crippen LogP contribution is 2.21. The van der Waals surface area contributed by atoms with Gasteiger partial charge in [0.25, 0.3) is 0 Å². The van der Waals surface area contributed by atoms with E-state index in [0.29, 0.717) is 18.0 Å². The number of unbranched alkanes of at least 4 members (excludes halogenated alkanes) is 1. The summed E-state index contributed by atoms with van der Waals surface area (Å²) < 4.78 is 32.1. The number of anilines is 1. The fraction of sp³-hybridized carbons (Fsp3) is 0.312. The number of hydrogen-bond donors (Lipinski definition) is 3. The molecule has 24 heavy (non-hydrogen) atoms. The van der Waals surface area contributed by atoms with Crippen molar-refractivity contribution in [2.24, 2.45) is 0 Å². The molecule has 1 aromatic carbocycles. The molecule has 1 aromatic heterocycles. The summed E-state index contributed by atoms with van der Waals surface area (Å²) >= 11 is 0. The van der Waals surface area contributed by atoms with E-state index in [-0.39, 0.29) is 17.0 Å². The van der Waals surface area contributed by atoms with Crippen molar-refractivity contribution in [2.45, 2.75) is 31.2 Å². The number of carboxylic acids is 1. The molecule has 2 rings (SSSR count). The van der Waals surface area contributed by atoms with Crippen LogP contribution in [0.25, 0.3) is 0 Å². The first-order valence-electron chi connectivity index (χ1n) is 7.57. The molecule has 0 aliphatic heterocycles. The van der Waals surface area contributed by atoms with Gasteiger partial charge in [0, 0.05) is 12.2 Å². The van der Waals surface area contributed by atoms with Crippen LogP contribution in [0.2, 0.25) is 0 Å². The number of benzene rings is 1. The van der Waals surface area contributed by atoms with E-state index in [1.54, 1.807) is 12.1 Å². The van der Waals surface area contributed by atoms with E-state index in [9.17, 15) is 18.3 Å². The number of aromatic carboxylic acids is 1. The maximum Gasteiger partial charge on any atom is 0.337 e. The maximum atomic E-state index is 12.3. The molecule has 0 aliphatic rings. The Morgan fingerprint density at radius 1 is 1.29 bits per heavy atom. The molecule has 2 aromatic rings. The zero-order valence-electron chi connectivity index (χ0n) is 13.3. The SMILES string of the molecule is CCCCNc1ccc(S(=O)(=O)NCc2ccco2)cc1C(=O)O. The highest BCUT2D eigenvalue weighted by Gasteiger charge is 2.19. The summed E-state index contributed by atoms with van der Waals surface area (Å²) in [4.78, 5) is 11.3. The molecule has 0 amide bonds. The quantitative estimate of drug-likeness (QED) is 0.599. The molecule has 0 aliphatic carbocycles. The minimum Gasteiger partial charge on any atom is -0.478 e. The van der Waals surface area contributed by atoms with Crippen molar-refractivity contribution < 1.29 is 22.7 Å². The van der Waals surface area contributed by atoms with Crippen molar-refractivity contribution >= 4 is 21.7 Å². The van der Waals surface area contributed by atoms with Crippen LogP contribution in [0.1, 0.15) is 35.9 Å². The predicted molar refractivity (Wildman–Crippen MR) is 89.5 cm³/mol. The number of carboxylic acid groups (broad SMARTS) is 1. The van der Waals surface area contributed by atoms with Gasteiger partial charge in [-0.05, 0) is 36.8 Å². The third-order valence-corrected chi connectivity index (χ3v) is 4.79. The van der Waals surface area contributed by atoms with Crippen molar-refractivity contribution in [1.82, 2.24) is 4.72 Å². The molecule has 0 saturated carbocycles. The van der Waals surface area contributed by atoms with Gasteiger partial charge in [0.1, 0.15) is 5.76 Å². The summed E-state index contributed by atoms with van der Waals surface area (Å²) in [5.74, 6) is -0.716. The van der Waals surface area contributed by atoms with Crippen LogP contribution >= 0.6 is 0 Å². The molecule has 0 bridgehead atoms. The molecule has 7 nitrogen and oxygen atoms in total. The number of sulfonamides is 1. The molecule has 0 unspecified atom stereocenters. The van der Waals surface area contributed by atoms with Gasteiger partial charge < -0.3 is 14.8 Å².